The maximum atomic E-state index is 11.7. The van der Waals surface area contributed by atoms with Crippen LogP contribution in [0.1, 0.15) is 5.56 Å². The van der Waals surface area contributed by atoms with Crippen LogP contribution in [0, 0.1) is 10.1 Å². The van der Waals surface area contributed by atoms with Crippen molar-refractivity contribution in [3.05, 3.63) is 39.9 Å². The van der Waals surface area contributed by atoms with Crippen molar-refractivity contribution in [2.45, 2.75) is 0 Å². The van der Waals surface area contributed by atoms with Crippen molar-refractivity contribution >= 4 is 17.8 Å². The third-order valence-corrected chi connectivity index (χ3v) is 3.14. The third kappa shape index (κ3) is 4.62. The number of hydrazone groups is 1. The smallest absolute Gasteiger partial charge is 0.295 e. The van der Waals surface area contributed by atoms with Gasteiger partial charge in [-0.2, -0.15) is 5.10 Å². The van der Waals surface area contributed by atoms with Crippen LogP contribution >= 0.6 is 0 Å². The number of carbonyl (C=O) groups is 1. The average Bonchev–Trinajstić information content (AvgIpc) is 2.48. The number of amides is 1. The molecule has 0 radical (unpaired) electrons. The number of rotatable bonds is 5. The van der Waals surface area contributed by atoms with Gasteiger partial charge in [0.1, 0.15) is 13.1 Å². The molecule has 0 bridgehead atoms. The van der Waals surface area contributed by atoms with Crippen molar-refractivity contribution in [3.8, 4) is 0 Å². The van der Waals surface area contributed by atoms with Crippen LogP contribution in [-0.4, -0.2) is 49.9 Å². The number of hydrogen-bond acceptors (Lipinski definition) is 5. The van der Waals surface area contributed by atoms with Crippen molar-refractivity contribution < 1.29 is 19.4 Å². The Morgan fingerprint density at radius 1 is 1.43 bits per heavy atom. The van der Waals surface area contributed by atoms with Gasteiger partial charge in [-0.05, 0) is 6.07 Å². The molecule has 1 saturated heterocycles. The number of para-hydroxylation sites is 1. The van der Waals surface area contributed by atoms with E-state index in [0.717, 1.165) is 18.0 Å². The number of nitro benzene ring substituents is 1. The molecule has 0 atom stereocenters. The first-order valence-electron chi connectivity index (χ1n) is 6.63. The standard InChI is InChI=1S/C13H16N4O4/c18-13(10-16-5-7-21-8-6-16)15-14-9-11-3-1-2-4-12(11)17(19)20/h1-4,9H,5-8,10H2,(H,15,18)/p+1/b14-9-. The molecule has 1 aliphatic rings. The molecule has 8 nitrogen and oxygen atoms in total. The van der Waals surface area contributed by atoms with Gasteiger partial charge in [-0.3, -0.25) is 14.9 Å². The van der Waals surface area contributed by atoms with Gasteiger partial charge in [0.15, 0.2) is 6.54 Å². The highest BCUT2D eigenvalue weighted by Crippen LogP contribution is 2.14. The van der Waals surface area contributed by atoms with Crippen molar-refractivity contribution in [3.63, 3.8) is 0 Å². The van der Waals surface area contributed by atoms with E-state index in [1.807, 2.05) is 0 Å². The SMILES string of the molecule is O=C(C[NH+]1CCOCC1)N/N=C\c1ccccc1[N+](=O)[O-]. The van der Waals surface area contributed by atoms with E-state index in [4.69, 9.17) is 4.74 Å². The second-order valence-corrected chi connectivity index (χ2v) is 4.65. The van der Waals surface area contributed by atoms with Crippen molar-refractivity contribution in [2.24, 2.45) is 5.10 Å². The first-order chi connectivity index (χ1) is 10.2. The largest absolute Gasteiger partial charge is 0.370 e. The summed E-state index contributed by atoms with van der Waals surface area (Å²) < 4.78 is 5.21. The lowest BCUT2D eigenvalue weighted by Gasteiger charge is -2.22. The number of quaternary nitrogens is 1. The molecule has 0 aromatic heterocycles. The summed E-state index contributed by atoms with van der Waals surface area (Å²) in [7, 11) is 0. The minimum atomic E-state index is -0.485. The van der Waals surface area contributed by atoms with E-state index < -0.39 is 4.92 Å². The highest BCUT2D eigenvalue weighted by Gasteiger charge is 2.17. The molecular formula is C13H17N4O4+. The number of nitrogens with one attached hydrogen (secondary N) is 2. The zero-order valence-corrected chi connectivity index (χ0v) is 11.4. The molecule has 1 amide bonds. The van der Waals surface area contributed by atoms with Crippen molar-refractivity contribution in [1.29, 1.82) is 0 Å². The van der Waals surface area contributed by atoms with E-state index in [1.165, 1.54) is 12.3 Å². The molecule has 2 N–H and O–H groups in total. The Morgan fingerprint density at radius 2 is 2.14 bits per heavy atom. The lowest BCUT2D eigenvalue weighted by molar-refractivity contribution is -0.900. The number of nitrogens with zero attached hydrogens (tertiary/aromatic N) is 2. The van der Waals surface area contributed by atoms with E-state index in [2.05, 4.69) is 10.5 Å². The van der Waals surface area contributed by atoms with Gasteiger partial charge in [-0.1, -0.05) is 12.1 Å². The Hall–Kier alpha value is -2.32. The summed E-state index contributed by atoms with van der Waals surface area (Å²) >= 11 is 0. The highest BCUT2D eigenvalue weighted by molar-refractivity contribution is 5.86. The molecule has 0 saturated carbocycles. The Bertz CT molecular complexity index is 541. The number of benzene rings is 1. The second-order valence-electron chi connectivity index (χ2n) is 4.65. The molecule has 1 aromatic carbocycles. The quantitative estimate of drug-likeness (QED) is 0.411. The van der Waals surface area contributed by atoms with Gasteiger partial charge in [0.2, 0.25) is 0 Å². The highest BCUT2D eigenvalue weighted by atomic mass is 16.6. The average molecular weight is 293 g/mol. The van der Waals surface area contributed by atoms with Gasteiger partial charge < -0.3 is 9.64 Å². The van der Waals surface area contributed by atoms with Gasteiger partial charge in [0, 0.05) is 6.07 Å². The normalized spacial score (nSPS) is 16.0. The fraction of sp³-hybridized carbons (Fsp3) is 0.385. The van der Waals surface area contributed by atoms with Gasteiger partial charge in [0.25, 0.3) is 11.6 Å². The molecule has 1 heterocycles. The summed E-state index contributed by atoms with van der Waals surface area (Å²) in [4.78, 5) is 23.2. The zero-order valence-electron chi connectivity index (χ0n) is 11.4. The predicted molar refractivity (Wildman–Crippen MR) is 75.2 cm³/mol. The van der Waals surface area contributed by atoms with Crippen LogP contribution in [0.3, 0.4) is 0 Å². The fourth-order valence-corrected chi connectivity index (χ4v) is 2.04. The number of nitro groups is 1. The minimum Gasteiger partial charge on any atom is -0.370 e. The summed E-state index contributed by atoms with van der Waals surface area (Å²) in [6.07, 6.45) is 1.28. The van der Waals surface area contributed by atoms with E-state index in [0.29, 0.717) is 25.3 Å². The van der Waals surface area contributed by atoms with Crippen LogP contribution in [0.5, 0.6) is 0 Å². The summed E-state index contributed by atoms with van der Waals surface area (Å²) in [5.41, 5.74) is 2.69. The number of hydrogen-bond donors (Lipinski definition) is 2. The van der Waals surface area contributed by atoms with Crippen LogP contribution in [0.15, 0.2) is 29.4 Å². The van der Waals surface area contributed by atoms with Crippen molar-refractivity contribution in [2.75, 3.05) is 32.8 Å². The van der Waals surface area contributed by atoms with E-state index in [1.54, 1.807) is 18.2 Å². The molecule has 8 heteroatoms. The molecule has 2 rings (SSSR count). The maximum absolute atomic E-state index is 11.7. The number of carbonyl (C=O) groups excluding carboxylic acids is 1. The van der Waals surface area contributed by atoms with Crippen molar-refractivity contribution in [1.82, 2.24) is 5.43 Å². The Balaban J connectivity index is 1.87. The summed E-state index contributed by atoms with van der Waals surface area (Å²) in [6.45, 7) is 3.21. The van der Waals surface area contributed by atoms with Gasteiger partial charge in [-0.15, -0.1) is 0 Å². The lowest BCUT2D eigenvalue weighted by Crippen LogP contribution is -3.15. The Labute approximate surface area is 121 Å². The monoisotopic (exact) mass is 293 g/mol. The maximum Gasteiger partial charge on any atom is 0.295 e. The topological polar surface area (TPSA) is 98.3 Å². The van der Waals surface area contributed by atoms with E-state index in [9.17, 15) is 14.9 Å². The van der Waals surface area contributed by atoms with Gasteiger partial charge in [-0.25, -0.2) is 5.43 Å². The predicted octanol–water partition coefficient (Wildman–Crippen LogP) is -1.04. The molecule has 0 aliphatic carbocycles. The van der Waals surface area contributed by atoms with Crippen LogP contribution < -0.4 is 10.3 Å². The first-order valence-corrected chi connectivity index (χ1v) is 6.63. The Morgan fingerprint density at radius 3 is 2.86 bits per heavy atom. The van der Waals surface area contributed by atoms with Crippen LogP contribution in [0.2, 0.25) is 0 Å². The van der Waals surface area contributed by atoms with Crippen LogP contribution in [0.25, 0.3) is 0 Å². The number of ether oxygens (including phenoxy) is 1. The molecule has 112 valence electrons. The molecule has 0 unspecified atom stereocenters. The molecule has 0 spiro atoms. The molecule has 1 aromatic rings. The summed E-state index contributed by atoms with van der Waals surface area (Å²) in [6, 6.07) is 6.21. The van der Waals surface area contributed by atoms with Crippen LogP contribution in [-0.2, 0) is 9.53 Å². The molecular weight excluding hydrogens is 276 g/mol. The van der Waals surface area contributed by atoms with Gasteiger partial charge in [0.05, 0.1) is 29.9 Å². The third-order valence-electron chi connectivity index (χ3n) is 3.14. The minimum absolute atomic E-state index is 0.0469. The Kier molecular flexibility index (Phi) is 5.35. The van der Waals surface area contributed by atoms with E-state index in [-0.39, 0.29) is 11.6 Å². The molecule has 1 aliphatic heterocycles. The van der Waals surface area contributed by atoms with Crippen LogP contribution in [0.4, 0.5) is 5.69 Å². The molecule has 1 fully saturated rings. The van der Waals surface area contributed by atoms with E-state index >= 15 is 0 Å². The lowest BCUT2D eigenvalue weighted by atomic mass is 10.2. The number of morpholine rings is 1. The summed E-state index contributed by atoms with van der Waals surface area (Å²) in [5.74, 6) is -0.221. The fourth-order valence-electron chi connectivity index (χ4n) is 2.04. The second kappa shape index (κ2) is 7.46. The zero-order chi connectivity index (χ0) is 15.1. The first kappa shape index (κ1) is 15.1. The summed E-state index contributed by atoms with van der Waals surface area (Å²) in [5, 5.41) is 14.6. The molecule has 21 heavy (non-hydrogen) atoms. The van der Waals surface area contributed by atoms with Gasteiger partial charge >= 0.3 is 0 Å².